The molecule has 2 N–H and O–H groups in total. The third kappa shape index (κ3) is 4.94. The molecule has 138 valence electrons. The van der Waals surface area contributed by atoms with Crippen molar-refractivity contribution < 1.29 is 14.3 Å². The first-order valence-electron chi connectivity index (χ1n) is 9.66. The topological polar surface area (TPSA) is 67.4 Å². The SMILES string of the molecule is O=C(CC1(C(=O)N[C@H]2CC=CCC2)CCOCC1)N[C@H]1CC=CCC1. The van der Waals surface area contributed by atoms with Gasteiger partial charge in [0.25, 0.3) is 0 Å². The van der Waals surface area contributed by atoms with E-state index in [9.17, 15) is 9.59 Å². The van der Waals surface area contributed by atoms with Gasteiger partial charge in [0, 0.05) is 31.7 Å². The van der Waals surface area contributed by atoms with Crippen LogP contribution in [0.25, 0.3) is 0 Å². The van der Waals surface area contributed by atoms with Gasteiger partial charge in [-0.2, -0.15) is 0 Å². The normalized spacial score (nSPS) is 28.3. The minimum atomic E-state index is -0.617. The first-order chi connectivity index (χ1) is 12.2. The van der Waals surface area contributed by atoms with Gasteiger partial charge in [0.05, 0.1) is 5.41 Å². The Balaban J connectivity index is 1.60. The molecule has 1 saturated heterocycles. The van der Waals surface area contributed by atoms with Crippen molar-refractivity contribution in [3.05, 3.63) is 24.3 Å². The second-order valence-electron chi connectivity index (χ2n) is 7.57. The maximum Gasteiger partial charge on any atom is 0.227 e. The molecule has 5 heteroatoms. The standard InChI is InChI=1S/C20H30N2O3/c23-18(21-16-7-3-1-4-8-16)15-20(11-13-25-14-12-20)19(24)22-17-9-5-2-6-10-17/h1-3,5,16-17H,4,6-15H2,(H,21,23)(H,22,24)/t16-,17-/m0/s1. The average molecular weight is 346 g/mol. The molecule has 1 fully saturated rings. The summed E-state index contributed by atoms with van der Waals surface area (Å²) in [6, 6.07) is 0.407. The minimum Gasteiger partial charge on any atom is -0.381 e. The Kier molecular flexibility index (Phi) is 6.29. The second kappa shape index (κ2) is 8.65. The summed E-state index contributed by atoms with van der Waals surface area (Å²) in [5.74, 6) is 0.0377. The van der Waals surface area contributed by atoms with Crippen molar-refractivity contribution in [2.45, 2.75) is 69.9 Å². The van der Waals surface area contributed by atoms with E-state index < -0.39 is 5.41 Å². The Labute approximate surface area is 150 Å². The first kappa shape index (κ1) is 18.2. The molecule has 0 aromatic carbocycles. The average Bonchev–Trinajstić information content (AvgIpc) is 2.64. The van der Waals surface area contributed by atoms with Gasteiger partial charge in [-0.1, -0.05) is 24.3 Å². The largest absolute Gasteiger partial charge is 0.381 e. The molecule has 1 aliphatic heterocycles. The highest BCUT2D eigenvalue weighted by Gasteiger charge is 2.42. The van der Waals surface area contributed by atoms with Gasteiger partial charge < -0.3 is 15.4 Å². The number of ether oxygens (including phenoxy) is 1. The Morgan fingerprint density at radius 2 is 1.52 bits per heavy atom. The summed E-state index contributed by atoms with van der Waals surface area (Å²) < 4.78 is 5.46. The minimum absolute atomic E-state index is 0.000824. The molecule has 0 saturated carbocycles. The Hall–Kier alpha value is -1.62. The van der Waals surface area contributed by atoms with Crippen LogP contribution in [0.5, 0.6) is 0 Å². The number of carbonyl (C=O) groups is 2. The van der Waals surface area contributed by atoms with Crippen LogP contribution in [0.15, 0.2) is 24.3 Å². The maximum absolute atomic E-state index is 13.0. The van der Waals surface area contributed by atoms with Crippen LogP contribution in [0.4, 0.5) is 0 Å². The van der Waals surface area contributed by atoms with Gasteiger partial charge >= 0.3 is 0 Å². The summed E-state index contributed by atoms with van der Waals surface area (Å²) in [4.78, 5) is 25.6. The van der Waals surface area contributed by atoms with Crippen LogP contribution >= 0.6 is 0 Å². The summed E-state index contributed by atoms with van der Waals surface area (Å²) in [6.07, 6.45) is 15.9. The van der Waals surface area contributed by atoms with E-state index in [0.29, 0.717) is 26.1 Å². The molecular formula is C20H30N2O3. The molecule has 0 unspecified atom stereocenters. The number of hydrogen-bond donors (Lipinski definition) is 2. The number of nitrogens with one attached hydrogen (secondary N) is 2. The highest BCUT2D eigenvalue weighted by Crippen LogP contribution is 2.35. The molecule has 0 spiro atoms. The van der Waals surface area contributed by atoms with Crippen molar-refractivity contribution in [1.29, 1.82) is 0 Å². The Morgan fingerprint density at radius 3 is 2.08 bits per heavy atom. The predicted molar refractivity (Wildman–Crippen MR) is 96.9 cm³/mol. The van der Waals surface area contributed by atoms with Crippen LogP contribution in [-0.4, -0.2) is 37.1 Å². The van der Waals surface area contributed by atoms with Crippen molar-refractivity contribution in [2.24, 2.45) is 5.41 Å². The molecule has 3 aliphatic rings. The van der Waals surface area contributed by atoms with E-state index in [-0.39, 0.29) is 30.3 Å². The summed E-state index contributed by atoms with van der Waals surface area (Å²) in [6.45, 7) is 1.11. The van der Waals surface area contributed by atoms with Crippen LogP contribution in [-0.2, 0) is 14.3 Å². The second-order valence-corrected chi connectivity index (χ2v) is 7.57. The Bertz CT molecular complexity index is 535. The van der Waals surface area contributed by atoms with Gasteiger partial charge in [-0.25, -0.2) is 0 Å². The van der Waals surface area contributed by atoms with Crippen LogP contribution in [0.1, 0.15) is 57.8 Å². The zero-order valence-corrected chi connectivity index (χ0v) is 15.0. The predicted octanol–water partition coefficient (Wildman–Crippen LogP) is 2.62. The fourth-order valence-corrected chi connectivity index (χ4v) is 4.02. The van der Waals surface area contributed by atoms with E-state index in [1.165, 1.54) is 0 Å². The lowest BCUT2D eigenvalue weighted by Gasteiger charge is -2.37. The van der Waals surface area contributed by atoms with E-state index in [4.69, 9.17) is 4.74 Å². The zero-order valence-electron chi connectivity index (χ0n) is 15.0. The monoisotopic (exact) mass is 346 g/mol. The van der Waals surface area contributed by atoms with Crippen molar-refractivity contribution in [2.75, 3.05) is 13.2 Å². The van der Waals surface area contributed by atoms with Crippen molar-refractivity contribution >= 4 is 11.8 Å². The molecule has 2 atom stereocenters. The highest BCUT2D eigenvalue weighted by molar-refractivity contribution is 5.89. The fourth-order valence-electron chi connectivity index (χ4n) is 4.02. The quantitative estimate of drug-likeness (QED) is 0.752. The van der Waals surface area contributed by atoms with Crippen LogP contribution in [0, 0.1) is 5.41 Å². The number of amides is 2. The number of hydrogen-bond acceptors (Lipinski definition) is 3. The molecule has 3 rings (SSSR count). The van der Waals surface area contributed by atoms with Crippen molar-refractivity contribution in [3.8, 4) is 0 Å². The fraction of sp³-hybridized carbons (Fsp3) is 0.700. The van der Waals surface area contributed by atoms with Crippen molar-refractivity contribution in [3.63, 3.8) is 0 Å². The smallest absolute Gasteiger partial charge is 0.227 e. The van der Waals surface area contributed by atoms with Gasteiger partial charge in [0.1, 0.15) is 0 Å². The molecule has 1 heterocycles. The number of rotatable bonds is 5. The summed E-state index contributed by atoms with van der Waals surface area (Å²) >= 11 is 0. The molecule has 0 aromatic rings. The lowest BCUT2D eigenvalue weighted by Crippen LogP contribution is -2.51. The summed E-state index contributed by atoms with van der Waals surface area (Å²) in [5, 5.41) is 6.33. The van der Waals surface area contributed by atoms with E-state index >= 15 is 0 Å². The first-order valence-corrected chi connectivity index (χ1v) is 9.66. The van der Waals surface area contributed by atoms with Gasteiger partial charge in [-0.05, 0) is 51.4 Å². The number of carbonyl (C=O) groups excluding carboxylic acids is 2. The zero-order chi connectivity index (χ0) is 17.5. The van der Waals surface area contributed by atoms with Crippen LogP contribution < -0.4 is 10.6 Å². The lowest BCUT2D eigenvalue weighted by atomic mass is 9.75. The third-order valence-corrected chi connectivity index (χ3v) is 5.67. The van der Waals surface area contributed by atoms with E-state index in [2.05, 4.69) is 34.9 Å². The summed E-state index contributed by atoms with van der Waals surface area (Å²) in [7, 11) is 0. The van der Waals surface area contributed by atoms with Crippen LogP contribution in [0.3, 0.4) is 0 Å². The highest BCUT2D eigenvalue weighted by atomic mass is 16.5. The van der Waals surface area contributed by atoms with E-state index in [0.717, 1.165) is 38.5 Å². The van der Waals surface area contributed by atoms with Crippen LogP contribution in [0.2, 0.25) is 0 Å². The van der Waals surface area contributed by atoms with E-state index in [1.807, 2.05) is 0 Å². The molecule has 0 radical (unpaired) electrons. The maximum atomic E-state index is 13.0. The molecule has 0 aromatic heterocycles. The molecule has 2 amide bonds. The van der Waals surface area contributed by atoms with Gasteiger partial charge in [0.15, 0.2) is 0 Å². The van der Waals surface area contributed by atoms with Gasteiger partial charge in [0.2, 0.25) is 11.8 Å². The van der Waals surface area contributed by atoms with E-state index in [1.54, 1.807) is 0 Å². The molecular weight excluding hydrogens is 316 g/mol. The lowest BCUT2D eigenvalue weighted by molar-refractivity contribution is -0.143. The third-order valence-electron chi connectivity index (χ3n) is 5.67. The molecule has 2 aliphatic carbocycles. The number of allylic oxidation sites excluding steroid dienone is 2. The van der Waals surface area contributed by atoms with Gasteiger partial charge in [-0.15, -0.1) is 0 Å². The summed E-state index contributed by atoms with van der Waals surface area (Å²) in [5.41, 5.74) is -0.617. The molecule has 0 bridgehead atoms. The Morgan fingerprint density at radius 1 is 0.920 bits per heavy atom. The molecule has 25 heavy (non-hydrogen) atoms. The van der Waals surface area contributed by atoms with Crippen molar-refractivity contribution in [1.82, 2.24) is 10.6 Å². The van der Waals surface area contributed by atoms with Gasteiger partial charge in [-0.3, -0.25) is 9.59 Å². The molecule has 5 nitrogen and oxygen atoms in total.